The molecule has 1 aromatic heterocycles. The molecule has 0 spiro atoms. The number of amides is 2. The van der Waals surface area contributed by atoms with Crippen molar-refractivity contribution in [2.24, 2.45) is 0 Å². The summed E-state index contributed by atoms with van der Waals surface area (Å²) in [5, 5.41) is 3.35. The molecule has 3 rings (SSSR count). The highest BCUT2D eigenvalue weighted by Crippen LogP contribution is 2.28. The topological polar surface area (TPSA) is 62.3 Å². The van der Waals surface area contributed by atoms with Crippen LogP contribution >= 0.6 is 11.3 Å². The van der Waals surface area contributed by atoms with Crippen molar-refractivity contribution in [2.45, 2.75) is 39.2 Å². The quantitative estimate of drug-likeness (QED) is 0.876. The largest absolute Gasteiger partial charge is 0.326 e. The Balaban J connectivity index is 1.67. The molecule has 1 aromatic carbocycles. The van der Waals surface area contributed by atoms with Crippen LogP contribution < -0.4 is 5.32 Å². The van der Waals surface area contributed by atoms with Gasteiger partial charge in [0.2, 0.25) is 5.91 Å². The van der Waals surface area contributed by atoms with Crippen LogP contribution in [-0.4, -0.2) is 34.3 Å². The number of aromatic nitrogens is 1. The van der Waals surface area contributed by atoms with Gasteiger partial charge in [-0.15, -0.1) is 11.3 Å². The number of benzene rings is 1. The third kappa shape index (κ3) is 4.00. The van der Waals surface area contributed by atoms with Gasteiger partial charge >= 0.3 is 0 Å². The lowest BCUT2D eigenvalue weighted by Gasteiger charge is -2.21. The molecule has 1 aliphatic rings. The van der Waals surface area contributed by atoms with Gasteiger partial charge in [-0.1, -0.05) is 19.1 Å². The van der Waals surface area contributed by atoms with Gasteiger partial charge in [-0.05, 0) is 43.9 Å². The van der Waals surface area contributed by atoms with E-state index >= 15 is 0 Å². The highest BCUT2D eigenvalue weighted by molar-refractivity contribution is 7.15. The lowest BCUT2D eigenvalue weighted by atomic mass is 10.1. The first kappa shape index (κ1) is 16.6. The fourth-order valence-electron chi connectivity index (χ4n) is 2.53. The summed E-state index contributed by atoms with van der Waals surface area (Å²) in [5.41, 5.74) is 1.83. The first-order chi connectivity index (χ1) is 11.6. The van der Waals surface area contributed by atoms with E-state index < -0.39 is 0 Å². The summed E-state index contributed by atoms with van der Waals surface area (Å²) in [4.78, 5) is 31.9. The summed E-state index contributed by atoms with van der Waals surface area (Å²) in [5.74, 6) is -0.277. The number of rotatable bonds is 6. The molecule has 2 amide bonds. The van der Waals surface area contributed by atoms with Gasteiger partial charge < -0.3 is 10.2 Å². The summed E-state index contributed by atoms with van der Waals surface area (Å²) in [6.45, 7) is 4.09. The summed E-state index contributed by atoms with van der Waals surface area (Å²) in [7, 11) is 0. The van der Waals surface area contributed by atoms with Crippen LogP contribution in [0.2, 0.25) is 0 Å². The van der Waals surface area contributed by atoms with Gasteiger partial charge in [-0.2, -0.15) is 0 Å². The van der Waals surface area contributed by atoms with Crippen LogP contribution in [0, 0.1) is 6.92 Å². The number of carbonyl (C=O) groups is 2. The van der Waals surface area contributed by atoms with Gasteiger partial charge in [0.05, 0.1) is 0 Å². The van der Waals surface area contributed by atoms with Gasteiger partial charge in [-0.3, -0.25) is 9.59 Å². The molecule has 0 bridgehead atoms. The Bertz CT molecular complexity index is 735. The molecule has 126 valence electrons. The van der Waals surface area contributed by atoms with Crippen LogP contribution in [0.25, 0.3) is 0 Å². The number of aryl methyl sites for hydroxylation is 2. The molecule has 2 aromatic rings. The predicted octanol–water partition coefficient (Wildman–Crippen LogP) is 3.26. The number of nitrogens with one attached hydrogen (secondary N) is 1. The van der Waals surface area contributed by atoms with Gasteiger partial charge in [0.1, 0.15) is 6.54 Å². The maximum atomic E-state index is 12.8. The second kappa shape index (κ2) is 7.13. The second-order valence-electron chi connectivity index (χ2n) is 6.04. The molecule has 0 saturated heterocycles. The van der Waals surface area contributed by atoms with Crippen molar-refractivity contribution in [1.82, 2.24) is 9.88 Å². The Morgan fingerprint density at radius 2 is 2.00 bits per heavy atom. The SMILES string of the molecule is CCc1ccc(C(=O)N(CC(=O)Nc2ncc(C)s2)C2CC2)cc1. The van der Waals surface area contributed by atoms with Crippen LogP contribution in [0.4, 0.5) is 5.13 Å². The van der Waals surface area contributed by atoms with Gasteiger partial charge in [0.25, 0.3) is 5.91 Å². The van der Waals surface area contributed by atoms with E-state index in [2.05, 4.69) is 17.2 Å². The molecular weight excluding hydrogens is 322 g/mol. The third-order valence-corrected chi connectivity index (χ3v) is 4.87. The van der Waals surface area contributed by atoms with Crippen LogP contribution in [0.5, 0.6) is 0 Å². The van der Waals surface area contributed by atoms with Crippen molar-refractivity contribution in [3.63, 3.8) is 0 Å². The van der Waals surface area contributed by atoms with Crippen molar-refractivity contribution in [3.8, 4) is 0 Å². The maximum Gasteiger partial charge on any atom is 0.254 e. The Morgan fingerprint density at radius 1 is 1.29 bits per heavy atom. The van der Waals surface area contributed by atoms with E-state index in [4.69, 9.17) is 0 Å². The van der Waals surface area contributed by atoms with E-state index in [0.717, 1.165) is 24.1 Å². The molecule has 1 heterocycles. The molecule has 6 heteroatoms. The molecule has 0 radical (unpaired) electrons. The molecule has 24 heavy (non-hydrogen) atoms. The standard InChI is InChI=1S/C18H21N3O2S/c1-3-13-4-6-14(7-5-13)17(23)21(15-8-9-15)11-16(22)20-18-19-10-12(2)24-18/h4-7,10,15H,3,8-9,11H2,1-2H3,(H,19,20,22). The Labute approximate surface area is 145 Å². The molecule has 0 unspecified atom stereocenters. The molecule has 1 N–H and O–H groups in total. The number of hydrogen-bond acceptors (Lipinski definition) is 4. The number of nitrogens with zero attached hydrogens (tertiary/aromatic N) is 2. The van der Waals surface area contributed by atoms with Crippen molar-refractivity contribution < 1.29 is 9.59 Å². The summed E-state index contributed by atoms with van der Waals surface area (Å²) in [6.07, 6.45) is 4.58. The molecule has 0 atom stereocenters. The average Bonchev–Trinajstić information content (AvgIpc) is 3.35. The number of carbonyl (C=O) groups excluding carboxylic acids is 2. The lowest BCUT2D eigenvalue weighted by molar-refractivity contribution is -0.117. The molecule has 1 aliphatic carbocycles. The Hall–Kier alpha value is -2.21. The smallest absolute Gasteiger partial charge is 0.254 e. The van der Waals surface area contributed by atoms with E-state index in [1.54, 1.807) is 11.1 Å². The highest BCUT2D eigenvalue weighted by Gasteiger charge is 2.34. The zero-order chi connectivity index (χ0) is 17.1. The minimum absolute atomic E-state index is 0.0671. The van der Waals surface area contributed by atoms with Gasteiger partial charge in [-0.25, -0.2) is 4.98 Å². The first-order valence-corrected chi connectivity index (χ1v) is 9.00. The van der Waals surface area contributed by atoms with Crippen LogP contribution in [-0.2, 0) is 11.2 Å². The minimum atomic E-state index is -0.199. The number of hydrogen-bond donors (Lipinski definition) is 1. The van der Waals surface area contributed by atoms with E-state index in [-0.39, 0.29) is 24.4 Å². The predicted molar refractivity (Wildman–Crippen MR) is 95.4 cm³/mol. The number of thiazole rings is 1. The first-order valence-electron chi connectivity index (χ1n) is 8.19. The second-order valence-corrected chi connectivity index (χ2v) is 7.27. The van der Waals surface area contributed by atoms with Crippen LogP contribution in [0.15, 0.2) is 30.5 Å². The zero-order valence-corrected chi connectivity index (χ0v) is 14.7. The number of anilines is 1. The van der Waals surface area contributed by atoms with Crippen molar-refractivity contribution >= 4 is 28.3 Å². The summed E-state index contributed by atoms with van der Waals surface area (Å²) < 4.78 is 0. The van der Waals surface area contributed by atoms with E-state index in [1.165, 1.54) is 16.9 Å². The van der Waals surface area contributed by atoms with Gasteiger partial charge in [0, 0.05) is 22.7 Å². The molecular formula is C18H21N3O2S. The monoisotopic (exact) mass is 343 g/mol. The van der Waals surface area contributed by atoms with E-state index in [9.17, 15) is 9.59 Å². The van der Waals surface area contributed by atoms with E-state index in [1.807, 2.05) is 31.2 Å². The Kier molecular flexibility index (Phi) is 4.94. The van der Waals surface area contributed by atoms with E-state index in [0.29, 0.717) is 10.7 Å². The normalized spacial score (nSPS) is 13.6. The molecule has 5 nitrogen and oxygen atoms in total. The van der Waals surface area contributed by atoms with Gasteiger partial charge in [0.15, 0.2) is 5.13 Å². The fourth-order valence-corrected chi connectivity index (χ4v) is 3.21. The summed E-state index contributed by atoms with van der Waals surface area (Å²) in [6, 6.07) is 7.80. The summed E-state index contributed by atoms with van der Waals surface area (Å²) >= 11 is 1.43. The molecule has 1 fully saturated rings. The average molecular weight is 343 g/mol. The van der Waals surface area contributed by atoms with Crippen molar-refractivity contribution in [1.29, 1.82) is 0 Å². The van der Waals surface area contributed by atoms with Crippen molar-refractivity contribution in [3.05, 3.63) is 46.5 Å². The Morgan fingerprint density at radius 3 is 2.54 bits per heavy atom. The van der Waals surface area contributed by atoms with Crippen molar-refractivity contribution in [2.75, 3.05) is 11.9 Å². The zero-order valence-electron chi connectivity index (χ0n) is 13.9. The minimum Gasteiger partial charge on any atom is -0.326 e. The molecule has 1 saturated carbocycles. The molecule has 0 aliphatic heterocycles. The third-order valence-electron chi connectivity index (χ3n) is 4.04. The maximum absolute atomic E-state index is 12.8. The van der Waals surface area contributed by atoms with Crippen LogP contribution in [0.1, 0.15) is 40.6 Å². The fraction of sp³-hybridized carbons (Fsp3) is 0.389. The lowest BCUT2D eigenvalue weighted by Crippen LogP contribution is -2.39. The van der Waals surface area contributed by atoms with Crippen LogP contribution in [0.3, 0.4) is 0 Å². The highest BCUT2D eigenvalue weighted by atomic mass is 32.1.